The van der Waals surface area contributed by atoms with Crippen molar-refractivity contribution in [2.24, 2.45) is 29.6 Å². The number of imidazole rings is 1. The number of hydrazone groups is 1. The summed E-state index contributed by atoms with van der Waals surface area (Å²) in [6.07, 6.45) is 6.14. The van der Waals surface area contributed by atoms with Crippen LogP contribution in [0.25, 0.3) is 16.8 Å². The maximum absolute atomic E-state index is 13.1. The van der Waals surface area contributed by atoms with Gasteiger partial charge in [-0.2, -0.15) is 10.2 Å². The number of amides is 1. The molecule has 0 radical (unpaired) electrons. The van der Waals surface area contributed by atoms with Crippen molar-refractivity contribution in [3.05, 3.63) is 65.8 Å². The first kappa shape index (κ1) is 23.7. The number of aryl methyl sites for hydroxylation is 1. The van der Waals surface area contributed by atoms with Gasteiger partial charge in [-0.15, -0.1) is 5.10 Å². The second-order valence-electron chi connectivity index (χ2n) is 8.64. The van der Waals surface area contributed by atoms with E-state index in [2.05, 4.69) is 20.5 Å². The molecule has 0 bridgehead atoms. The molecule has 1 aliphatic rings. The lowest BCUT2D eigenvalue weighted by Gasteiger charge is -2.34. The number of hydrogen-bond donors (Lipinski definition) is 3. The number of nitrogens with two attached hydrogens (primary N) is 2. The Morgan fingerprint density at radius 1 is 1.22 bits per heavy atom. The highest BCUT2D eigenvalue weighted by Gasteiger charge is 2.47. The molecule has 36 heavy (non-hydrogen) atoms. The van der Waals surface area contributed by atoms with Crippen molar-refractivity contribution in [2.75, 3.05) is 10.4 Å². The third-order valence-corrected chi connectivity index (χ3v) is 6.30. The van der Waals surface area contributed by atoms with E-state index in [-0.39, 0.29) is 35.1 Å². The van der Waals surface area contributed by atoms with Gasteiger partial charge < -0.3 is 11.1 Å². The molecule has 1 amide bonds. The number of carbonyl (C=O) groups is 1. The number of pyridine rings is 1. The molecule has 3 aromatic heterocycles. The number of carbonyl (C=O) groups excluding carboxylic acids is 1. The molecule has 5 rings (SSSR count). The molecule has 1 saturated carbocycles. The first-order chi connectivity index (χ1) is 17.1. The van der Waals surface area contributed by atoms with Gasteiger partial charge in [0.2, 0.25) is 5.92 Å². The van der Waals surface area contributed by atoms with E-state index in [1.165, 1.54) is 18.3 Å². The van der Waals surface area contributed by atoms with Crippen LogP contribution in [0.3, 0.4) is 0 Å². The molecule has 3 heterocycles. The van der Waals surface area contributed by atoms with Crippen molar-refractivity contribution in [2.45, 2.75) is 18.8 Å². The van der Waals surface area contributed by atoms with E-state index in [9.17, 15) is 13.6 Å². The van der Waals surface area contributed by atoms with Gasteiger partial charge in [-0.25, -0.2) is 19.6 Å². The summed E-state index contributed by atoms with van der Waals surface area (Å²) in [7, 11) is 1.82. The molecule has 186 valence electrons. The quantitative estimate of drug-likeness (QED) is 0.156. The lowest BCUT2D eigenvalue weighted by molar-refractivity contribution is -0.0913. The van der Waals surface area contributed by atoms with Gasteiger partial charge in [0.15, 0.2) is 0 Å². The number of hydrogen-bond acceptors (Lipinski definition) is 6. The van der Waals surface area contributed by atoms with Crippen LogP contribution in [0.4, 0.5) is 20.2 Å². The first-order valence-corrected chi connectivity index (χ1v) is 11.3. The molecule has 13 heteroatoms. The van der Waals surface area contributed by atoms with E-state index < -0.39 is 17.7 Å². The number of benzene rings is 1. The number of aromatic nitrogens is 4. The van der Waals surface area contributed by atoms with Crippen LogP contribution in [0.15, 0.2) is 60.2 Å². The van der Waals surface area contributed by atoms with Crippen molar-refractivity contribution in [3.8, 4) is 11.1 Å². The molecule has 5 N–H and O–H groups in total. The van der Waals surface area contributed by atoms with Crippen LogP contribution in [0, 0.1) is 5.92 Å². The zero-order valence-electron chi connectivity index (χ0n) is 19.1. The Hall–Kier alpha value is -4.03. The van der Waals surface area contributed by atoms with Crippen molar-refractivity contribution in [3.63, 3.8) is 0 Å². The maximum Gasteiger partial charge on any atom is 0.274 e. The summed E-state index contributed by atoms with van der Waals surface area (Å²) in [5.41, 5.74) is 9.10. The van der Waals surface area contributed by atoms with Gasteiger partial charge in [-0.1, -0.05) is 11.6 Å². The summed E-state index contributed by atoms with van der Waals surface area (Å²) in [5, 5.41) is 12.2. The average molecular weight is 514 g/mol. The standard InChI is InChI=1S/C23H22ClF2N9O/c1-33-11-15(9-30-33)13-2-5-20-29-10-19(34(20)12-13)22(36)31-18-6-16(3-4-17(18)24)35(28)32-21(27)14-7-23(25,26)8-14/h2-6,9-12,14H,7-8,28H2,1H3,(H2,27,32)(H,31,36). The second-order valence-corrected chi connectivity index (χ2v) is 9.05. The fourth-order valence-electron chi connectivity index (χ4n) is 3.96. The summed E-state index contributed by atoms with van der Waals surface area (Å²) in [6, 6.07) is 8.31. The fraction of sp³-hybridized carbons (Fsp3) is 0.217. The van der Waals surface area contributed by atoms with Crippen LogP contribution >= 0.6 is 11.6 Å². The summed E-state index contributed by atoms with van der Waals surface area (Å²) >= 11 is 6.30. The van der Waals surface area contributed by atoms with Crippen LogP contribution in [-0.2, 0) is 7.05 Å². The minimum Gasteiger partial charge on any atom is -0.385 e. The normalized spacial score (nSPS) is 15.6. The Labute approximate surface area is 209 Å². The van der Waals surface area contributed by atoms with Gasteiger partial charge in [0.05, 0.1) is 28.8 Å². The van der Waals surface area contributed by atoms with Crippen LogP contribution in [-0.4, -0.2) is 36.8 Å². The Morgan fingerprint density at radius 2 is 2.00 bits per heavy atom. The fourth-order valence-corrected chi connectivity index (χ4v) is 4.13. The minimum absolute atomic E-state index is 0.0131. The molecular weight excluding hydrogens is 492 g/mol. The minimum atomic E-state index is -2.72. The smallest absolute Gasteiger partial charge is 0.274 e. The van der Waals surface area contributed by atoms with Gasteiger partial charge >= 0.3 is 0 Å². The van der Waals surface area contributed by atoms with Crippen LogP contribution in [0.5, 0.6) is 0 Å². The topological polar surface area (TPSA) is 132 Å². The van der Waals surface area contributed by atoms with E-state index in [1.807, 2.05) is 19.3 Å². The molecule has 10 nitrogen and oxygen atoms in total. The first-order valence-electron chi connectivity index (χ1n) is 10.9. The van der Waals surface area contributed by atoms with E-state index in [0.29, 0.717) is 11.3 Å². The lowest BCUT2D eigenvalue weighted by Crippen LogP contribution is -2.44. The number of anilines is 2. The maximum atomic E-state index is 13.1. The van der Waals surface area contributed by atoms with Gasteiger partial charge in [-0.05, 0) is 30.3 Å². The summed E-state index contributed by atoms with van der Waals surface area (Å²) in [6.45, 7) is 0. The third kappa shape index (κ3) is 4.60. The van der Waals surface area contributed by atoms with Gasteiger partial charge in [0, 0.05) is 49.3 Å². The predicted octanol–water partition coefficient (Wildman–Crippen LogP) is 3.64. The number of fused-ring (bicyclic) bond motifs is 1. The molecule has 1 aliphatic carbocycles. The number of nitrogens with zero attached hydrogens (tertiary/aromatic N) is 6. The van der Waals surface area contributed by atoms with E-state index in [1.54, 1.807) is 33.6 Å². The molecule has 4 aromatic rings. The van der Waals surface area contributed by atoms with E-state index >= 15 is 0 Å². The summed E-state index contributed by atoms with van der Waals surface area (Å²) < 4.78 is 29.6. The summed E-state index contributed by atoms with van der Waals surface area (Å²) in [5.74, 6) is 2.28. The average Bonchev–Trinajstić information content (AvgIpc) is 3.44. The monoisotopic (exact) mass is 513 g/mol. The summed E-state index contributed by atoms with van der Waals surface area (Å²) in [4.78, 5) is 17.4. The zero-order valence-corrected chi connectivity index (χ0v) is 19.8. The SMILES string of the molecule is Cn1cc(-c2ccc3ncc(C(=O)Nc4cc(N(N)/N=C(\N)C5CC(F)(F)C5)ccc4Cl)n3c2)cn1. The molecule has 0 unspecified atom stereocenters. The largest absolute Gasteiger partial charge is 0.385 e. The van der Waals surface area contributed by atoms with Crippen LogP contribution in [0.2, 0.25) is 5.02 Å². The number of amidine groups is 1. The molecule has 0 atom stereocenters. The zero-order chi connectivity index (χ0) is 25.6. The van der Waals surface area contributed by atoms with Crippen LogP contribution < -0.4 is 22.0 Å². The van der Waals surface area contributed by atoms with Gasteiger partial charge in [0.25, 0.3) is 5.91 Å². The Balaban J connectivity index is 1.37. The van der Waals surface area contributed by atoms with Crippen molar-refractivity contribution < 1.29 is 13.6 Å². The third-order valence-electron chi connectivity index (χ3n) is 5.97. The van der Waals surface area contributed by atoms with E-state index in [0.717, 1.165) is 16.2 Å². The Bertz CT molecular complexity index is 1490. The molecule has 1 aromatic carbocycles. The lowest BCUT2D eigenvalue weighted by atomic mass is 9.81. The number of nitrogens with one attached hydrogen (secondary N) is 1. The van der Waals surface area contributed by atoms with Crippen molar-refractivity contribution in [1.29, 1.82) is 0 Å². The molecule has 0 spiro atoms. The highest BCUT2D eigenvalue weighted by atomic mass is 35.5. The highest BCUT2D eigenvalue weighted by molar-refractivity contribution is 6.34. The van der Waals surface area contributed by atoms with Crippen molar-refractivity contribution in [1.82, 2.24) is 19.2 Å². The second kappa shape index (κ2) is 8.88. The number of alkyl halides is 2. The molecule has 0 aliphatic heterocycles. The number of rotatable bonds is 6. The molecular formula is C23H22ClF2N9O. The Kier molecular flexibility index (Phi) is 5.85. The number of halogens is 3. The molecule has 0 saturated heterocycles. The van der Waals surface area contributed by atoms with Gasteiger partial charge in [0.1, 0.15) is 17.2 Å². The molecule has 1 fully saturated rings. The van der Waals surface area contributed by atoms with Gasteiger partial charge in [-0.3, -0.25) is 13.9 Å². The highest BCUT2D eigenvalue weighted by Crippen LogP contribution is 2.42. The Morgan fingerprint density at radius 3 is 2.69 bits per heavy atom. The predicted molar refractivity (Wildman–Crippen MR) is 133 cm³/mol. The van der Waals surface area contributed by atoms with Crippen molar-refractivity contribution >= 4 is 40.4 Å². The number of hydrazine groups is 1. The van der Waals surface area contributed by atoms with E-state index in [4.69, 9.17) is 23.2 Å². The van der Waals surface area contributed by atoms with Crippen LogP contribution in [0.1, 0.15) is 23.3 Å².